The number of carbonyl (C=O) groups is 1. The summed E-state index contributed by atoms with van der Waals surface area (Å²) in [6, 6.07) is 11.2. The first kappa shape index (κ1) is 18.7. The highest BCUT2D eigenvalue weighted by molar-refractivity contribution is 6.32. The molecule has 0 aliphatic rings. The quantitative estimate of drug-likeness (QED) is 0.723. The topological polar surface area (TPSA) is 86.4 Å². The molecule has 1 aromatic carbocycles. The first-order valence-electron chi connectivity index (χ1n) is 8.12. The number of anilines is 1. The molecule has 3 rings (SSSR count). The Morgan fingerprint density at radius 1 is 1.26 bits per heavy atom. The molecule has 27 heavy (non-hydrogen) atoms. The number of halogens is 1. The van der Waals surface area contributed by atoms with Crippen LogP contribution in [0, 0.1) is 0 Å². The van der Waals surface area contributed by atoms with Crippen molar-refractivity contribution in [2.24, 2.45) is 0 Å². The zero-order chi connectivity index (χ0) is 19.6. The summed E-state index contributed by atoms with van der Waals surface area (Å²) in [7, 11) is 1.51. The normalized spacial score (nSPS) is 11.3. The molecule has 2 heterocycles. The van der Waals surface area contributed by atoms with Gasteiger partial charge in [0.15, 0.2) is 5.76 Å². The van der Waals surface area contributed by atoms with Gasteiger partial charge < -0.3 is 14.5 Å². The van der Waals surface area contributed by atoms with Gasteiger partial charge in [-0.3, -0.25) is 9.59 Å². The Hall–Kier alpha value is -3.06. The van der Waals surface area contributed by atoms with E-state index >= 15 is 0 Å². The predicted molar refractivity (Wildman–Crippen MR) is 102 cm³/mol. The van der Waals surface area contributed by atoms with Crippen molar-refractivity contribution in [2.75, 3.05) is 12.4 Å². The summed E-state index contributed by atoms with van der Waals surface area (Å²) >= 11 is 6.09. The highest BCUT2D eigenvalue weighted by Gasteiger charge is 2.32. The van der Waals surface area contributed by atoms with Crippen LogP contribution in [0.15, 0.2) is 57.9 Å². The number of carbonyl (C=O) groups excluding carboxylic acids is 1. The largest absolute Gasteiger partial charge is 0.495 e. The summed E-state index contributed by atoms with van der Waals surface area (Å²) in [6.07, 6.45) is 1.51. The van der Waals surface area contributed by atoms with E-state index in [-0.39, 0.29) is 0 Å². The Kier molecular flexibility index (Phi) is 5.05. The third-order valence-electron chi connectivity index (χ3n) is 4.07. The van der Waals surface area contributed by atoms with Gasteiger partial charge in [0.1, 0.15) is 17.0 Å². The number of methoxy groups -OCH3 is 1. The summed E-state index contributed by atoms with van der Waals surface area (Å²) in [6.45, 7) is 3.21. The van der Waals surface area contributed by atoms with Gasteiger partial charge in [-0.2, -0.15) is 5.10 Å². The zero-order valence-corrected chi connectivity index (χ0v) is 15.8. The molecule has 0 radical (unpaired) electrons. The fourth-order valence-corrected chi connectivity index (χ4v) is 2.75. The molecule has 1 N–H and O–H groups in total. The fraction of sp³-hybridized carbons (Fsp3) is 0.211. The molecule has 1 amide bonds. The van der Waals surface area contributed by atoms with Crippen LogP contribution in [0.4, 0.5) is 5.69 Å². The molecule has 7 nitrogen and oxygen atoms in total. The Morgan fingerprint density at radius 3 is 2.67 bits per heavy atom. The van der Waals surface area contributed by atoms with Crippen LogP contribution >= 0.6 is 11.6 Å². The van der Waals surface area contributed by atoms with Gasteiger partial charge in [-0.05, 0) is 50.2 Å². The average molecular weight is 388 g/mol. The standard InChI is InChI=1S/C19H18ClN3O4/c1-19(2,18(25)21-12-6-8-15(26-3)13(20)11-12)23-17(24)9-7-14(22-23)16-5-4-10-27-16/h4-11H,1-3H3,(H,21,25). The van der Waals surface area contributed by atoms with Gasteiger partial charge in [0.25, 0.3) is 11.5 Å². The molecule has 0 fully saturated rings. The number of benzene rings is 1. The maximum atomic E-state index is 12.8. The lowest BCUT2D eigenvalue weighted by Gasteiger charge is -2.25. The second-order valence-electron chi connectivity index (χ2n) is 6.31. The monoisotopic (exact) mass is 387 g/mol. The summed E-state index contributed by atoms with van der Waals surface area (Å²) in [5.41, 5.74) is -0.730. The van der Waals surface area contributed by atoms with E-state index in [2.05, 4.69) is 10.4 Å². The number of nitrogens with one attached hydrogen (secondary N) is 1. The predicted octanol–water partition coefficient (Wildman–Crippen LogP) is 3.54. The Labute approximate surface area is 160 Å². The number of hydrogen-bond donors (Lipinski definition) is 1. The molecule has 0 aliphatic carbocycles. The van der Waals surface area contributed by atoms with Gasteiger partial charge in [-0.1, -0.05) is 11.6 Å². The summed E-state index contributed by atoms with van der Waals surface area (Å²) in [5.74, 6) is 0.579. The van der Waals surface area contributed by atoms with Crippen LogP contribution in [0.2, 0.25) is 5.02 Å². The van der Waals surface area contributed by atoms with Crippen molar-refractivity contribution >= 4 is 23.2 Å². The van der Waals surface area contributed by atoms with E-state index in [9.17, 15) is 9.59 Å². The fourth-order valence-electron chi connectivity index (χ4n) is 2.49. The molecule has 0 saturated carbocycles. The second-order valence-corrected chi connectivity index (χ2v) is 6.72. The lowest BCUT2D eigenvalue weighted by molar-refractivity contribution is -0.123. The van der Waals surface area contributed by atoms with E-state index in [1.54, 1.807) is 50.2 Å². The van der Waals surface area contributed by atoms with Crippen LogP contribution in [0.1, 0.15) is 13.8 Å². The van der Waals surface area contributed by atoms with Gasteiger partial charge in [0, 0.05) is 11.8 Å². The minimum absolute atomic E-state index is 0.364. The van der Waals surface area contributed by atoms with Crippen LogP contribution in [-0.2, 0) is 10.3 Å². The number of aromatic nitrogens is 2. The molecule has 0 unspecified atom stereocenters. The minimum Gasteiger partial charge on any atom is -0.495 e. The Balaban J connectivity index is 1.91. The number of nitrogens with zero attached hydrogens (tertiary/aromatic N) is 2. The molecule has 0 bridgehead atoms. The van der Waals surface area contributed by atoms with Crippen LogP contribution in [0.25, 0.3) is 11.5 Å². The van der Waals surface area contributed by atoms with Crippen molar-refractivity contribution in [3.63, 3.8) is 0 Å². The van der Waals surface area contributed by atoms with E-state index < -0.39 is 17.0 Å². The Bertz CT molecular complexity index is 1030. The lowest BCUT2D eigenvalue weighted by atomic mass is 10.0. The van der Waals surface area contributed by atoms with Gasteiger partial charge >= 0.3 is 0 Å². The van der Waals surface area contributed by atoms with Crippen LogP contribution < -0.4 is 15.6 Å². The summed E-state index contributed by atoms with van der Waals surface area (Å²) in [4.78, 5) is 25.2. The summed E-state index contributed by atoms with van der Waals surface area (Å²) in [5, 5.41) is 7.41. The third kappa shape index (κ3) is 3.73. The molecule has 0 spiro atoms. The van der Waals surface area contributed by atoms with Crippen molar-refractivity contribution in [3.05, 3.63) is 64.1 Å². The van der Waals surface area contributed by atoms with Gasteiger partial charge in [-0.25, -0.2) is 4.68 Å². The molecule has 2 aromatic heterocycles. The van der Waals surface area contributed by atoms with Crippen LogP contribution in [0.5, 0.6) is 5.75 Å². The van der Waals surface area contributed by atoms with Crippen molar-refractivity contribution in [1.82, 2.24) is 9.78 Å². The van der Waals surface area contributed by atoms with Gasteiger partial charge in [0.2, 0.25) is 0 Å². The van der Waals surface area contributed by atoms with E-state index in [4.69, 9.17) is 20.8 Å². The van der Waals surface area contributed by atoms with E-state index in [1.165, 1.54) is 19.4 Å². The van der Waals surface area contributed by atoms with Gasteiger partial charge in [0.05, 0.1) is 18.4 Å². The molecular weight excluding hydrogens is 370 g/mol. The van der Waals surface area contributed by atoms with Crippen LogP contribution in [0.3, 0.4) is 0 Å². The second kappa shape index (κ2) is 7.28. The number of amides is 1. The number of furan rings is 1. The highest BCUT2D eigenvalue weighted by atomic mass is 35.5. The first-order valence-corrected chi connectivity index (χ1v) is 8.50. The smallest absolute Gasteiger partial charge is 0.267 e. The van der Waals surface area contributed by atoms with E-state index in [1.807, 2.05) is 0 Å². The molecule has 8 heteroatoms. The highest BCUT2D eigenvalue weighted by Crippen LogP contribution is 2.28. The molecule has 0 atom stereocenters. The number of ether oxygens (including phenoxy) is 1. The van der Waals surface area contributed by atoms with Crippen molar-refractivity contribution in [2.45, 2.75) is 19.4 Å². The zero-order valence-electron chi connectivity index (χ0n) is 15.0. The minimum atomic E-state index is -1.26. The number of rotatable bonds is 5. The SMILES string of the molecule is COc1ccc(NC(=O)C(C)(C)n2nc(-c3ccco3)ccc2=O)cc1Cl. The maximum absolute atomic E-state index is 12.8. The third-order valence-corrected chi connectivity index (χ3v) is 4.36. The average Bonchev–Trinajstić information content (AvgIpc) is 3.16. The van der Waals surface area contributed by atoms with Crippen molar-refractivity contribution in [3.8, 4) is 17.2 Å². The first-order chi connectivity index (χ1) is 12.8. The summed E-state index contributed by atoms with van der Waals surface area (Å²) < 4.78 is 11.5. The van der Waals surface area contributed by atoms with Gasteiger partial charge in [-0.15, -0.1) is 0 Å². The van der Waals surface area contributed by atoms with Crippen molar-refractivity contribution in [1.29, 1.82) is 0 Å². The van der Waals surface area contributed by atoms with E-state index in [0.29, 0.717) is 27.9 Å². The van der Waals surface area contributed by atoms with Crippen molar-refractivity contribution < 1.29 is 13.9 Å². The molecule has 3 aromatic rings. The molecule has 0 saturated heterocycles. The molecule has 140 valence electrons. The Morgan fingerprint density at radius 2 is 2.04 bits per heavy atom. The number of hydrogen-bond acceptors (Lipinski definition) is 5. The molecular formula is C19H18ClN3O4. The van der Waals surface area contributed by atoms with E-state index in [0.717, 1.165) is 4.68 Å². The lowest BCUT2D eigenvalue weighted by Crippen LogP contribution is -2.47. The maximum Gasteiger partial charge on any atom is 0.267 e. The van der Waals surface area contributed by atoms with Crippen LogP contribution in [-0.4, -0.2) is 22.8 Å². The molecule has 0 aliphatic heterocycles.